The average Bonchev–Trinajstić information content (AvgIpc) is 3.28. The molecule has 5 rings (SSSR count). The van der Waals surface area contributed by atoms with Crippen molar-refractivity contribution in [1.82, 2.24) is 19.9 Å². The highest BCUT2D eigenvalue weighted by Crippen LogP contribution is 2.25. The molecule has 1 amide bonds. The summed E-state index contributed by atoms with van der Waals surface area (Å²) in [5, 5.41) is 0.967. The molecule has 0 spiro atoms. The monoisotopic (exact) mass is 413 g/mol. The largest absolute Gasteiger partial charge is 0.497 e. The minimum absolute atomic E-state index is 0.0682. The molecule has 1 saturated heterocycles. The number of nitrogens with one attached hydrogen (secondary N) is 1. The van der Waals surface area contributed by atoms with Gasteiger partial charge < -0.3 is 19.5 Å². The number of aromatic nitrogens is 3. The molecule has 7 heteroatoms. The Bertz CT molecular complexity index is 1210. The summed E-state index contributed by atoms with van der Waals surface area (Å²) in [6.45, 7) is 2.76. The number of amides is 1. The summed E-state index contributed by atoms with van der Waals surface area (Å²) in [4.78, 5) is 29.3. The van der Waals surface area contributed by atoms with E-state index in [9.17, 15) is 4.79 Å². The summed E-state index contributed by atoms with van der Waals surface area (Å²) in [5.41, 5.74) is 3.59. The third kappa shape index (κ3) is 3.70. The standard InChI is InChI=1S/C24H23N5O2/c1-31-18-8-6-17(7-9-18)22-14-23(27-16-26-22)28-10-12-29(13-11-28)24(30)20-15-25-21-5-3-2-4-19(20)21/h2-9,14-16,25H,10-13H2,1H3. The first-order valence-electron chi connectivity index (χ1n) is 10.3. The van der Waals surface area contributed by atoms with E-state index in [-0.39, 0.29) is 5.91 Å². The van der Waals surface area contributed by atoms with E-state index in [1.807, 2.05) is 65.7 Å². The van der Waals surface area contributed by atoms with E-state index in [2.05, 4.69) is 19.9 Å². The highest BCUT2D eigenvalue weighted by molar-refractivity contribution is 6.06. The molecule has 3 heterocycles. The third-order valence-electron chi connectivity index (χ3n) is 5.75. The smallest absolute Gasteiger partial charge is 0.256 e. The molecule has 2 aromatic carbocycles. The van der Waals surface area contributed by atoms with Crippen LogP contribution in [0, 0.1) is 0 Å². The van der Waals surface area contributed by atoms with Crippen LogP contribution in [0.2, 0.25) is 0 Å². The molecule has 1 N–H and O–H groups in total. The van der Waals surface area contributed by atoms with Gasteiger partial charge in [-0.3, -0.25) is 4.79 Å². The van der Waals surface area contributed by atoms with Gasteiger partial charge in [0.2, 0.25) is 0 Å². The number of carbonyl (C=O) groups excluding carboxylic acids is 1. The Morgan fingerprint density at radius 3 is 2.55 bits per heavy atom. The number of H-pyrrole nitrogens is 1. The Hall–Kier alpha value is -3.87. The number of ether oxygens (including phenoxy) is 1. The molecule has 0 bridgehead atoms. The minimum Gasteiger partial charge on any atom is -0.497 e. The maximum absolute atomic E-state index is 13.1. The van der Waals surface area contributed by atoms with Gasteiger partial charge in [0.05, 0.1) is 18.4 Å². The molecule has 0 aliphatic carbocycles. The van der Waals surface area contributed by atoms with E-state index in [0.29, 0.717) is 13.1 Å². The quantitative estimate of drug-likeness (QED) is 0.553. The number of methoxy groups -OCH3 is 1. The number of anilines is 1. The molecule has 156 valence electrons. The van der Waals surface area contributed by atoms with Crippen molar-refractivity contribution in [2.24, 2.45) is 0 Å². The van der Waals surface area contributed by atoms with Crippen LogP contribution in [-0.2, 0) is 0 Å². The first-order chi connectivity index (χ1) is 15.2. The van der Waals surface area contributed by atoms with E-state index >= 15 is 0 Å². The molecule has 0 radical (unpaired) electrons. The second-order valence-corrected chi connectivity index (χ2v) is 7.52. The summed E-state index contributed by atoms with van der Waals surface area (Å²) < 4.78 is 5.23. The zero-order valence-corrected chi connectivity index (χ0v) is 17.3. The van der Waals surface area contributed by atoms with Gasteiger partial charge in [-0.1, -0.05) is 18.2 Å². The van der Waals surface area contributed by atoms with Crippen LogP contribution in [0.15, 0.2) is 67.1 Å². The predicted octanol–water partition coefficient (Wildman–Crippen LogP) is 3.60. The number of aromatic amines is 1. The van der Waals surface area contributed by atoms with Crippen molar-refractivity contribution in [2.75, 3.05) is 38.2 Å². The van der Waals surface area contributed by atoms with Gasteiger partial charge in [-0.05, 0) is 30.3 Å². The SMILES string of the molecule is COc1ccc(-c2cc(N3CCN(C(=O)c4c[nH]c5ccccc45)CC3)ncn2)cc1. The van der Waals surface area contributed by atoms with Crippen molar-refractivity contribution < 1.29 is 9.53 Å². The summed E-state index contributed by atoms with van der Waals surface area (Å²) >= 11 is 0. The lowest BCUT2D eigenvalue weighted by Gasteiger charge is -2.35. The van der Waals surface area contributed by atoms with Gasteiger partial charge in [0.25, 0.3) is 5.91 Å². The van der Waals surface area contributed by atoms with Crippen LogP contribution in [0.3, 0.4) is 0 Å². The Labute approximate surface area is 180 Å². The highest BCUT2D eigenvalue weighted by atomic mass is 16.5. The van der Waals surface area contributed by atoms with Gasteiger partial charge in [-0.2, -0.15) is 0 Å². The fourth-order valence-corrected chi connectivity index (χ4v) is 4.00. The second-order valence-electron chi connectivity index (χ2n) is 7.52. The van der Waals surface area contributed by atoms with E-state index in [0.717, 1.165) is 52.4 Å². The molecule has 31 heavy (non-hydrogen) atoms. The van der Waals surface area contributed by atoms with Crippen LogP contribution in [0.1, 0.15) is 10.4 Å². The lowest BCUT2D eigenvalue weighted by molar-refractivity contribution is 0.0748. The fourth-order valence-electron chi connectivity index (χ4n) is 4.00. The Balaban J connectivity index is 1.28. The van der Waals surface area contributed by atoms with Crippen molar-refractivity contribution in [3.63, 3.8) is 0 Å². The lowest BCUT2D eigenvalue weighted by Crippen LogP contribution is -2.49. The number of fused-ring (bicyclic) bond motifs is 1. The minimum atomic E-state index is 0.0682. The van der Waals surface area contributed by atoms with Gasteiger partial charge in [0.1, 0.15) is 17.9 Å². The van der Waals surface area contributed by atoms with Crippen molar-refractivity contribution in [3.05, 3.63) is 72.7 Å². The number of piperazine rings is 1. The maximum Gasteiger partial charge on any atom is 0.256 e. The first kappa shape index (κ1) is 19.1. The van der Waals surface area contributed by atoms with E-state index in [4.69, 9.17) is 4.74 Å². The molecule has 0 unspecified atom stereocenters. The number of hydrogen-bond donors (Lipinski definition) is 1. The number of rotatable bonds is 4. The lowest BCUT2D eigenvalue weighted by atomic mass is 10.1. The molecule has 7 nitrogen and oxygen atoms in total. The van der Waals surface area contributed by atoms with E-state index in [1.54, 1.807) is 13.4 Å². The number of hydrogen-bond acceptors (Lipinski definition) is 5. The molecule has 0 atom stereocenters. The summed E-state index contributed by atoms with van der Waals surface area (Å²) in [6, 6.07) is 17.7. The van der Waals surface area contributed by atoms with E-state index < -0.39 is 0 Å². The number of carbonyl (C=O) groups is 1. The second kappa shape index (κ2) is 8.10. The molecule has 1 aliphatic heterocycles. The zero-order chi connectivity index (χ0) is 21.2. The third-order valence-corrected chi connectivity index (χ3v) is 5.75. The summed E-state index contributed by atoms with van der Waals surface area (Å²) in [7, 11) is 1.65. The fraction of sp³-hybridized carbons (Fsp3) is 0.208. The molecular formula is C24H23N5O2. The van der Waals surface area contributed by atoms with Crippen molar-refractivity contribution in [3.8, 4) is 17.0 Å². The molecule has 1 fully saturated rings. The van der Waals surface area contributed by atoms with Gasteiger partial charge >= 0.3 is 0 Å². The van der Waals surface area contributed by atoms with Crippen LogP contribution in [0.4, 0.5) is 5.82 Å². The number of para-hydroxylation sites is 1. The van der Waals surface area contributed by atoms with E-state index in [1.165, 1.54) is 0 Å². The zero-order valence-electron chi connectivity index (χ0n) is 17.3. The van der Waals surface area contributed by atoms with Gasteiger partial charge in [-0.25, -0.2) is 9.97 Å². The van der Waals surface area contributed by atoms with Crippen molar-refractivity contribution in [2.45, 2.75) is 0 Å². The Kier molecular flexibility index (Phi) is 5.00. The molecule has 0 saturated carbocycles. The first-order valence-corrected chi connectivity index (χ1v) is 10.3. The topological polar surface area (TPSA) is 74.3 Å². The molecular weight excluding hydrogens is 390 g/mol. The Morgan fingerprint density at radius 1 is 1.00 bits per heavy atom. The summed E-state index contributed by atoms with van der Waals surface area (Å²) in [5.74, 6) is 1.76. The van der Waals surface area contributed by atoms with Crippen molar-refractivity contribution >= 4 is 22.6 Å². The van der Waals surface area contributed by atoms with Crippen LogP contribution in [0.25, 0.3) is 22.2 Å². The Morgan fingerprint density at radius 2 is 1.77 bits per heavy atom. The normalized spacial score (nSPS) is 14.1. The van der Waals surface area contributed by atoms with Crippen LogP contribution in [0.5, 0.6) is 5.75 Å². The number of nitrogens with zero attached hydrogens (tertiary/aromatic N) is 4. The van der Waals surface area contributed by atoms with Crippen LogP contribution in [-0.4, -0.2) is 59.0 Å². The molecule has 4 aromatic rings. The highest BCUT2D eigenvalue weighted by Gasteiger charge is 2.24. The summed E-state index contributed by atoms with van der Waals surface area (Å²) in [6.07, 6.45) is 3.41. The predicted molar refractivity (Wildman–Crippen MR) is 120 cm³/mol. The molecule has 2 aromatic heterocycles. The van der Waals surface area contributed by atoms with Gasteiger partial charge in [-0.15, -0.1) is 0 Å². The van der Waals surface area contributed by atoms with Gasteiger partial charge in [0.15, 0.2) is 0 Å². The van der Waals surface area contributed by atoms with Crippen molar-refractivity contribution in [1.29, 1.82) is 0 Å². The molecule has 1 aliphatic rings. The van der Waals surface area contributed by atoms with Crippen LogP contribution < -0.4 is 9.64 Å². The van der Waals surface area contributed by atoms with Crippen LogP contribution >= 0.6 is 0 Å². The van der Waals surface area contributed by atoms with Gasteiger partial charge in [0, 0.05) is 54.9 Å². The average molecular weight is 413 g/mol. The maximum atomic E-state index is 13.1. The number of benzene rings is 2.